The molecule has 30 heavy (non-hydrogen) atoms. The molecule has 3 heterocycles. The second kappa shape index (κ2) is 9.59. The number of hydrogen-bond acceptors (Lipinski definition) is 6. The zero-order valence-corrected chi connectivity index (χ0v) is 17.9. The standard InChI is InChI=1S/C22H31N5O3/c1-25-20-7-9-27(15-17-3-5-18(29-2)6-4-17)16-19(20)21(24-25)22(28)23-8-10-26-11-13-30-14-12-26/h3-6H,7-16H2,1-2H3,(H,23,28). The molecule has 0 bridgehead atoms. The predicted octanol–water partition coefficient (Wildman–Crippen LogP) is 1.05. The Kier molecular flexibility index (Phi) is 6.66. The van der Waals surface area contributed by atoms with Gasteiger partial charge in [-0.2, -0.15) is 5.10 Å². The van der Waals surface area contributed by atoms with Crippen molar-refractivity contribution in [3.63, 3.8) is 0 Å². The van der Waals surface area contributed by atoms with Crippen molar-refractivity contribution in [1.82, 2.24) is 24.9 Å². The molecule has 1 saturated heterocycles. The molecule has 1 fully saturated rings. The first-order chi connectivity index (χ1) is 14.6. The van der Waals surface area contributed by atoms with Crippen LogP contribution in [-0.2, 0) is 31.3 Å². The summed E-state index contributed by atoms with van der Waals surface area (Å²) in [6.07, 6.45) is 0.899. The van der Waals surface area contributed by atoms with Gasteiger partial charge in [-0.15, -0.1) is 0 Å². The van der Waals surface area contributed by atoms with Crippen LogP contribution in [0.4, 0.5) is 0 Å². The van der Waals surface area contributed by atoms with E-state index in [9.17, 15) is 4.79 Å². The number of amides is 1. The normalized spacial score (nSPS) is 17.5. The highest BCUT2D eigenvalue weighted by atomic mass is 16.5. The first-order valence-electron chi connectivity index (χ1n) is 10.6. The molecule has 1 aromatic heterocycles. The van der Waals surface area contributed by atoms with Crippen LogP contribution < -0.4 is 10.1 Å². The lowest BCUT2D eigenvalue weighted by atomic mass is 10.0. The van der Waals surface area contributed by atoms with E-state index in [0.717, 1.165) is 70.2 Å². The number of methoxy groups -OCH3 is 1. The van der Waals surface area contributed by atoms with E-state index in [1.165, 1.54) is 11.3 Å². The molecule has 0 radical (unpaired) electrons. The topological polar surface area (TPSA) is 71.9 Å². The number of fused-ring (bicyclic) bond motifs is 1. The smallest absolute Gasteiger partial charge is 0.272 e. The molecular formula is C22H31N5O3. The van der Waals surface area contributed by atoms with E-state index >= 15 is 0 Å². The molecule has 2 aliphatic heterocycles. The van der Waals surface area contributed by atoms with E-state index in [0.29, 0.717) is 12.2 Å². The van der Waals surface area contributed by atoms with Gasteiger partial charge in [-0.3, -0.25) is 19.3 Å². The summed E-state index contributed by atoms with van der Waals surface area (Å²) in [4.78, 5) is 17.5. The van der Waals surface area contributed by atoms with Gasteiger partial charge in [0, 0.05) is 70.5 Å². The maximum atomic E-state index is 12.8. The lowest BCUT2D eigenvalue weighted by Gasteiger charge is -2.27. The van der Waals surface area contributed by atoms with Crippen LogP contribution in [0.3, 0.4) is 0 Å². The summed E-state index contributed by atoms with van der Waals surface area (Å²) in [5.41, 5.74) is 4.02. The Labute approximate surface area is 177 Å². The van der Waals surface area contributed by atoms with Crippen molar-refractivity contribution in [2.75, 3.05) is 53.0 Å². The maximum Gasteiger partial charge on any atom is 0.272 e. The maximum absolute atomic E-state index is 12.8. The monoisotopic (exact) mass is 413 g/mol. The number of nitrogens with zero attached hydrogens (tertiary/aromatic N) is 4. The second-order valence-electron chi connectivity index (χ2n) is 7.92. The van der Waals surface area contributed by atoms with Crippen molar-refractivity contribution in [2.24, 2.45) is 7.05 Å². The minimum Gasteiger partial charge on any atom is -0.497 e. The highest BCUT2D eigenvalue weighted by Gasteiger charge is 2.27. The van der Waals surface area contributed by atoms with Gasteiger partial charge < -0.3 is 14.8 Å². The molecule has 1 aromatic carbocycles. The van der Waals surface area contributed by atoms with Crippen molar-refractivity contribution in [3.8, 4) is 5.75 Å². The molecule has 8 heteroatoms. The molecule has 2 aromatic rings. The number of carbonyl (C=O) groups excluding carboxylic acids is 1. The van der Waals surface area contributed by atoms with Crippen molar-refractivity contribution in [1.29, 1.82) is 0 Å². The average Bonchev–Trinajstić information content (AvgIpc) is 3.11. The Morgan fingerprint density at radius 3 is 2.67 bits per heavy atom. The van der Waals surface area contributed by atoms with Crippen LogP contribution >= 0.6 is 0 Å². The Morgan fingerprint density at radius 1 is 1.17 bits per heavy atom. The zero-order valence-electron chi connectivity index (χ0n) is 17.9. The number of aryl methyl sites for hydroxylation is 1. The fourth-order valence-electron chi connectivity index (χ4n) is 4.19. The van der Waals surface area contributed by atoms with Crippen molar-refractivity contribution < 1.29 is 14.3 Å². The minimum atomic E-state index is -0.0774. The Balaban J connectivity index is 1.37. The van der Waals surface area contributed by atoms with Gasteiger partial charge in [0.15, 0.2) is 5.69 Å². The first-order valence-corrected chi connectivity index (χ1v) is 10.6. The fraction of sp³-hybridized carbons (Fsp3) is 0.545. The summed E-state index contributed by atoms with van der Waals surface area (Å²) in [5, 5.41) is 7.61. The predicted molar refractivity (Wildman–Crippen MR) is 114 cm³/mol. The number of carbonyl (C=O) groups is 1. The molecule has 0 unspecified atom stereocenters. The number of hydrogen-bond donors (Lipinski definition) is 1. The van der Waals surface area contributed by atoms with Crippen molar-refractivity contribution >= 4 is 5.91 Å². The minimum absolute atomic E-state index is 0.0774. The largest absolute Gasteiger partial charge is 0.497 e. The van der Waals surface area contributed by atoms with E-state index in [2.05, 4.69) is 32.3 Å². The van der Waals surface area contributed by atoms with Gasteiger partial charge in [0.1, 0.15) is 5.75 Å². The third kappa shape index (κ3) is 4.83. The average molecular weight is 414 g/mol. The van der Waals surface area contributed by atoms with Crippen molar-refractivity contribution in [2.45, 2.75) is 19.5 Å². The van der Waals surface area contributed by atoms with Crippen LogP contribution in [0.1, 0.15) is 27.3 Å². The van der Waals surface area contributed by atoms with Gasteiger partial charge in [-0.1, -0.05) is 12.1 Å². The highest BCUT2D eigenvalue weighted by Crippen LogP contribution is 2.24. The van der Waals surface area contributed by atoms with Crippen LogP contribution in [0.2, 0.25) is 0 Å². The Bertz CT molecular complexity index is 858. The van der Waals surface area contributed by atoms with Crippen LogP contribution in [0.15, 0.2) is 24.3 Å². The molecule has 2 aliphatic rings. The van der Waals surface area contributed by atoms with Gasteiger partial charge in [0.2, 0.25) is 0 Å². The lowest BCUT2D eigenvalue weighted by Crippen LogP contribution is -2.41. The van der Waals surface area contributed by atoms with Gasteiger partial charge >= 0.3 is 0 Å². The van der Waals surface area contributed by atoms with Crippen LogP contribution in [0, 0.1) is 0 Å². The third-order valence-electron chi connectivity index (χ3n) is 5.92. The number of benzene rings is 1. The van der Waals surface area contributed by atoms with Crippen LogP contribution in [-0.4, -0.2) is 78.5 Å². The van der Waals surface area contributed by atoms with Gasteiger partial charge in [0.05, 0.1) is 20.3 Å². The molecule has 0 aliphatic carbocycles. The molecule has 162 valence electrons. The number of morpholine rings is 1. The van der Waals surface area contributed by atoms with E-state index in [-0.39, 0.29) is 5.91 Å². The number of nitrogens with one attached hydrogen (secondary N) is 1. The summed E-state index contributed by atoms with van der Waals surface area (Å²) in [5.74, 6) is 0.786. The molecule has 0 saturated carbocycles. The van der Waals surface area contributed by atoms with Gasteiger partial charge in [0.25, 0.3) is 5.91 Å². The Hall–Kier alpha value is -2.42. The molecule has 0 spiro atoms. The second-order valence-corrected chi connectivity index (χ2v) is 7.92. The van der Waals surface area contributed by atoms with Gasteiger partial charge in [-0.05, 0) is 17.7 Å². The van der Waals surface area contributed by atoms with E-state index in [4.69, 9.17) is 9.47 Å². The molecule has 1 amide bonds. The third-order valence-corrected chi connectivity index (χ3v) is 5.92. The molecular weight excluding hydrogens is 382 g/mol. The van der Waals surface area contributed by atoms with Crippen molar-refractivity contribution in [3.05, 3.63) is 46.8 Å². The van der Waals surface area contributed by atoms with E-state index in [1.54, 1.807) is 7.11 Å². The number of rotatable bonds is 7. The molecule has 0 atom stereocenters. The summed E-state index contributed by atoms with van der Waals surface area (Å²) >= 11 is 0. The SMILES string of the molecule is COc1ccc(CN2CCc3c(c(C(=O)NCCN4CCOCC4)nn3C)C2)cc1. The van der Waals surface area contributed by atoms with Crippen LogP contribution in [0.25, 0.3) is 0 Å². The number of aromatic nitrogens is 2. The fourth-order valence-corrected chi connectivity index (χ4v) is 4.19. The van der Waals surface area contributed by atoms with E-state index < -0.39 is 0 Å². The quantitative estimate of drug-likeness (QED) is 0.732. The summed E-state index contributed by atoms with van der Waals surface area (Å²) in [6, 6.07) is 8.16. The summed E-state index contributed by atoms with van der Waals surface area (Å²) in [6.45, 7) is 7.39. The molecule has 8 nitrogen and oxygen atoms in total. The molecule has 4 rings (SSSR count). The highest BCUT2D eigenvalue weighted by molar-refractivity contribution is 5.94. The summed E-state index contributed by atoms with van der Waals surface area (Å²) < 4.78 is 12.5. The first kappa shape index (κ1) is 20.8. The molecule has 1 N–H and O–H groups in total. The summed E-state index contributed by atoms with van der Waals surface area (Å²) in [7, 11) is 3.61. The lowest BCUT2D eigenvalue weighted by molar-refractivity contribution is 0.0383. The van der Waals surface area contributed by atoms with Crippen LogP contribution in [0.5, 0.6) is 5.75 Å². The Morgan fingerprint density at radius 2 is 1.93 bits per heavy atom. The van der Waals surface area contributed by atoms with Gasteiger partial charge in [-0.25, -0.2) is 0 Å². The number of ether oxygens (including phenoxy) is 2. The zero-order chi connectivity index (χ0) is 20.9. The van der Waals surface area contributed by atoms with E-state index in [1.807, 2.05) is 23.9 Å².